The fourth-order valence-electron chi connectivity index (χ4n) is 3.38. The molecule has 0 aliphatic carbocycles. The number of nitrogens with one attached hydrogen (secondary N) is 1. The average molecular weight is 536 g/mol. The summed E-state index contributed by atoms with van der Waals surface area (Å²) < 4.78 is 10.9. The van der Waals surface area contributed by atoms with Gasteiger partial charge in [0.2, 0.25) is 0 Å². The fraction of sp³-hybridized carbons (Fsp3) is 0. The SMILES string of the molecule is O=C(/C=C/c1ccccc1OC(=O)c1ccc([N+](=O)[O-])cc1)Oc1ccccc1/C=N/NC(=O)c1ccccc1. The zero-order chi connectivity index (χ0) is 28.3. The van der Waals surface area contributed by atoms with E-state index in [9.17, 15) is 24.5 Å². The number of amides is 1. The number of nitrogens with zero attached hydrogens (tertiary/aromatic N) is 2. The van der Waals surface area contributed by atoms with Crippen LogP contribution >= 0.6 is 0 Å². The van der Waals surface area contributed by atoms with Crippen LogP contribution < -0.4 is 14.9 Å². The van der Waals surface area contributed by atoms with Crippen molar-refractivity contribution in [2.45, 2.75) is 0 Å². The van der Waals surface area contributed by atoms with Crippen molar-refractivity contribution in [3.05, 3.63) is 142 Å². The van der Waals surface area contributed by atoms with E-state index in [0.717, 1.165) is 0 Å². The summed E-state index contributed by atoms with van der Waals surface area (Å²) in [7, 11) is 0. The molecule has 0 aliphatic heterocycles. The number of non-ortho nitro benzene ring substituents is 1. The Morgan fingerprint density at radius 3 is 2.00 bits per heavy atom. The third-order valence-electron chi connectivity index (χ3n) is 5.37. The molecule has 0 fully saturated rings. The first-order chi connectivity index (χ1) is 19.4. The van der Waals surface area contributed by atoms with Crippen LogP contribution in [0.15, 0.2) is 114 Å². The van der Waals surface area contributed by atoms with Crippen LogP contribution in [-0.2, 0) is 4.79 Å². The first kappa shape index (κ1) is 27.1. The van der Waals surface area contributed by atoms with Crippen LogP contribution in [0.5, 0.6) is 11.5 Å². The van der Waals surface area contributed by atoms with Gasteiger partial charge in [0.05, 0.1) is 16.7 Å². The van der Waals surface area contributed by atoms with Crippen LogP contribution in [0.25, 0.3) is 6.08 Å². The van der Waals surface area contributed by atoms with Gasteiger partial charge in [-0.1, -0.05) is 48.5 Å². The minimum Gasteiger partial charge on any atom is -0.423 e. The Morgan fingerprint density at radius 1 is 0.725 bits per heavy atom. The lowest BCUT2D eigenvalue weighted by atomic mass is 10.1. The summed E-state index contributed by atoms with van der Waals surface area (Å²) in [5.41, 5.74) is 3.72. The minimum atomic E-state index is -0.717. The van der Waals surface area contributed by atoms with Crippen molar-refractivity contribution < 1.29 is 28.8 Å². The number of ether oxygens (including phenoxy) is 2. The van der Waals surface area contributed by atoms with Crippen molar-refractivity contribution in [2.75, 3.05) is 0 Å². The largest absolute Gasteiger partial charge is 0.423 e. The van der Waals surface area contributed by atoms with Gasteiger partial charge < -0.3 is 9.47 Å². The van der Waals surface area contributed by atoms with E-state index in [1.54, 1.807) is 78.9 Å². The smallest absolute Gasteiger partial charge is 0.343 e. The highest BCUT2D eigenvalue weighted by Crippen LogP contribution is 2.22. The lowest BCUT2D eigenvalue weighted by molar-refractivity contribution is -0.384. The van der Waals surface area contributed by atoms with E-state index in [1.807, 2.05) is 0 Å². The molecule has 0 heterocycles. The van der Waals surface area contributed by atoms with E-state index >= 15 is 0 Å². The molecule has 0 saturated carbocycles. The van der Waals surface area contributed by atoms with Crippen LogP contribution in [0, 0.1) is 10.1 Å². The first-order valence-corrected chi connectivity index (χ1v) is 11.8. The molecule has 10 nitrogen and oxygen atoms in total. The van der Waals surface area contributed by atoms with Gasteiger partial charge >= 0.3 is 11.9 Å². The molecule has 40 heavy (non-hydrogen) atoms. The van der Waals surface area contributed by atoms with Gasteiger partial charge in [-0.25, -0.2) is 15.0 Å². The molecule has 0 atom stereocenters. The fourth-order valence-corrected chi connectivity index (χ4v) is 3.38. The molecule has 4 aromatic carbocycles. The molecule has 0 aliphatic rings. The van der Waals surface area contributed by atoms with E-state index < -0.39 is 16.9 Å². The maximum absolute atomic E-state index is 12.6. The number of hydrogen-bond donors (Lipinski definition) is 1. The summed E-state index contributed by atoms with van der Waals surface area (Å²) in [6, 6.07) is 26.8. The second kappa shape index (κ2) is 13.1. The molecule has 0 aromatic heterocycles. The van der Waals surface area contributed by atoms with Crippen LogP contribution in [0.1, 0.15) is 31.8 Å². The summed E-state index contributed by atoms with van der Waals surface area (Å²) in [6.07, 6.45) is 3.96. The predicted molar refractivity (Wildman–Crippen MR) is 147 cm³/mol. The molecule has 1 amide bonds. The van der Waals surface area contributed by atoms with Crippen LogP contribution in [0.3, 0.4) is 0 Å². The number of hydrazone groups is 1. The monoisotopic (exact) mass is 535 g/mol. The van der Waals surface area contributed by atoms with Gasteiger partial charge in [0.15, 0.2) is 0 Å². The number of esters is 2. The quantitative estimate of drug-likeness (QED) is 0.0777. The summed E-state index contributed by atoms with van der Waals surface area (Å²) in [5, 5.41) is 14.8. The topological polar surface area (TPSA) is 137 Å². The molecule has 0 bridgehead atoms. The van der Waals surface area contributed by atoms with Crippen LogP contribution in [-0.4, -0.2) is 29.0 Å². The van der Waals surface area contributed by atoms with Crippen LogP contribution in [0.2, 0.25) is 0 Å². The van der Waals surface area contributed by atoms with Gasteiger partial charge in [-0.05, 0) is 48.5 Å². The third kappa shape index (κ3) is 7.33. The van der Waals surface area contributed by atoms with Crippen molar-refractivity contribution >= 4 is 35.8 Å². The number of carbonyl (C=O) groups is 3. The van der Waals surface area contributed by atoms with E-state index in [1.165, 1.54) is 42.6 Å². The average Bonchev–Trinajstić information content (AvgIpc) is 2.98. The number of rotatable bonds is 9. The van der Waals surface area contributed by atoms with Crippen LogP contribution in [0.4, 0.5) is 5.69 Å². The third-order valence-corrected chi connectivity index (χ3v) is 5.37. The summed E-state index contributed by atoms with van der Waals surface area (Å²) >= 11 is 0. The van der Waals surface area contributed by atoms with Gasteiger partial charge in [-0.2, -0.15) is 5.10 Å². The summed E-state index contributed by atoms with van der Waals surface area (Å²) in [4.78, 5) is 47.5. The van der Waals surface area contributed by atoms with Gasteiger partial charge in [-0.3, -0.25) is 14.9 Å². The Balaban J connectivity index is 1.40. The number of para-hydroxylation sites is 2. The molecular weight excluding hydrogens is 514 g/mol. The predicted octanol–water partition coefficient (Wildman–Crippen LogP) is 5.20. The Hall–Kier alpha value is -5.90. The number of carbonyl (C=O) groups excluding carboxylic acids is 3. The van der Waals surface area contributed by atoms with E-state index in [4.69, 9.17) is 9.47 Å². The maximum Gasteiger partial charge on any atom is 0.343 e. The number of benzene rings is 4. The van der Waals surface area contributed by atoms with E-state index in [2.05, 4.69) is 10.5 Å². The minimum absolute atomic E-state index is 0.127. The van der Waals surface area contributed by atoms with Gasteiger partial charge in [0.25, 0.3) is 11.6 Å². The van der Waals surface area contributed by atoms with Gasteiger partial charge in [0, 0.05) is 34.9 Å². The molecule has 10 heteroatoms. The molecule has 4 rings (SSSR count). The Morgan fingerprint density at radius 2 is 1.32 bits per heavy atom. The second-order valence-electron chi connectivity index (χ2n) is 8.09. The first-order valence-electron chi connectivity index (χ1n) is 11.8. The zero-order valence-electron chi connectivity index (χ0n) is 20.8. The normalized spacial score (nSPS) is 10.8. The van der Waals surface area contributed by atoms with Crippen molar-refractivity contribution in [1.29, 1.82) is 0 Å². The highest BCUT2D eigenvalue weighted by molar-refractivity contribution is 5.96. The van der Waals surface area contributed by atoms with Gasteiger partial charge in [-0.15, -0.1) is 0 Å². The van der Waals surface area contributed by atoms with Gasteiger partial charge in [0.1, 0.15) is 11.5 Å². The van der Waals surface area contributed by atoms with Crippen molar-refractivity contribution in [2.24, 2.45) is 5.10 Å². The van der Waals surface area contributed by atoms with Crippen molar-refractivity contribution in [3.8, 4) is 11.5 Å². The van der Waals surface area contributed by atoms with Crippen molar-refractivity contribution in [3.63, 3.8) is 0 Å². The summed E-state index contributed by atoms with van der Waals surface area (Å²) in [5.74, 6) is -1.41. The van der Waals surface area contributed by atoms with E-state index in [-0.39, 0.29) is 28.7 Å². The Kier molecular flexibility index (Phi) is 8.86. The lowest BCUT2D eigenvalue weighted by Gasteiger charge is -2.08. The molecule has 0 radical (unpaired) electrons. The highest BCUT2D eigenvalue weighted by atomic mass is 16.6. The number of nitro benzene ring substituents is 1. The summed E-state index contributed by atoms with van der Waals surface area (Å²) in [6.45, 7) is 0. The molecule has 0 unspecified atom stereocenters. The Labute approximate surface area is 228 Å². The molecular formula is C30H21N3O7. The molecule has 198 valence electrons. The molecule has 0 saturated heterocycles. The zero-order valence-corrected chi connectivity index (χ0v) is 20.8. The molecule has 0 spiro atoms. The number of nitro groups is 1. The lowest BCUT2D eigenvalue weighted by Crippen LogP contribution is -2.17. The van der Waals surface area contributed by atoms with E-state index in [0.29, 0.717) is 16.7 Å². The number of hydrogen-bond acceptors (Lipinski definition) is 8. The maximum atomic E-state index is 12.6. The highest BCUT2D eigenvalue weighted by Gasteiger charge is 2.13. The second-order valence-corrected chi connectivity index (χ2v) is 8.09. The molecule has 4 aromatic rings. The molecule has 1 N–H and O–H groups in total. The standard InChI is InChI=1S/C30H21N3O7/c34-28(39-27-13-7-5-11-24(27)20-31-32-29(35)22-9-2-1-3-10-22)19-16-21-8-4-6-12-26(21)40-30(36)23-14-17-25(18-15-23)33(37)38/h1-20H,(H,32,35)/b19-16+,31-20+. The van der Waals surface area contributed by atoms with Crippen molar-refractivity contribution in [1.82, 2.24) is 5.43 Å². The Bertz CT molecular complexity index is 1600.